The Morgan fingerprint density at radius 1 is 1.24 bits per heavy atom. The van der Waals surface area contributed by atoms with Crippen molar-refractivity contribution in [1.29, 1.82) is 0 Å². The summed E-state index contributed by atoms with van der Waals surface area (Å²) in [6.07, 6.45) is 2.35. The van der Waals surface area contributed by atoms with Crippen LogP contribution in [0.5, 0.6) is 6.01 Å². The van der Waals surface area contributed by atoms with E-state index in [0.29, 0.717) is 17.9 Å². The number of nitrogens with one attached hydrogen (secondary N) is 1. The van der Waals surface area contributed by atoms with Gasteiger partial charge in [0.2, 0.25) is 11.9 Å². The van der Waals surface area contributed by atoms with Gasteiger partial charge in [0.25, 0.3) is 0 Å². The molecular formula is C10H18N6O. The summed E-state index contributed by atoms with van der Waals surface area (Å²) in [6.45, 7) is 5.79. The van der Waals surface area contributed by atoms with Gasteiger partial charge in [-0.1, -0.05) is 0 Å². The molecule has 0 atom stereocenters. The Balaban J connectivity index is 2.24. The fourth-order valence-electron chi connectivity index (χ4n) is 1.73. The molecule has 1 aromatic rings. The topological polar surface area (TPSA) is 89.2 Å². The van der Waals surface area contributed by atoms with Crippen molar-refractivity contribution in [3.63, 3.8) is 0 Å². The number of nitrogens with zero attached hydrogens (tertiary/aromatic N) is 4. The molecule has 1 fully saturated rings. The van der Waals surface area contributed by atoms with Crippen LogP contribution in [-0.4, -0.2) is 34.1 Å². The summed E-state index contributed by atoms with van der Waals surface area (Å²) in [5.74, 6) is 6.30. The van der Waals surface area contributed by atoms with Gasteiger partial charge in [-0.25, -0.2) is 5.84 Å². The summed E-state index contributed by atoms with van der Waals surface area (Å²) in [6, 6.07) is 0.310. The van der Waals surface area contributed by atoms with E-state index in [2.05, 4.69) is 25.3 Å². The molecule has 0 aliphatic carbocycles. The third-order valence-electron chi connectivity index (χ3n) is 2.46. The lowest BCUT2D eigenvalue weighted by Crippen LogP contribution is -2.23. The number of rotatable bonds is 4. The van der Waals surface area contributed by atoms with Crippen LogP contribution in [0.1, 0.15) is 26.7 Å². The van der Waals surface area contributed by atoms with Gasteiger partial charge in [-0.05, 0) is 26.7 Å². The first-order valence-corrected chi connectivity index (χ1v) is 5.83. The molecule has 1 aromatic heterocycles. The number of ether oxygens (including phenoxy) is 1. The average Bonchev–Trinajstić information content (AvgIpc) is 2.81. The van der Waals surface area contributed by atoms with Crippen molar-refractivity contribution in [2.75, 3.05) is 23.4 Å². The summed E-state index contributed by atoms with van der Waals surface area (Å²) in [4.78, 5) is 14.7. The minimum atomic E-state index is 0.0226. The third-order valence-corrected chi connectivity index (χ3v) is 2.46. The number of nitrogens with two attached hydrogens (primary N) is 1. The Kier molecular flexibility index (Phi) is 3.58. The van der Waals surface area contributed by atoms with E-state index in [9.17, 15) is 0 Å². The van der Waals surface area contributed by atoms with Crippen LogP contribution in [0.4, 0.5) is 11.9 Å². The van der Waals surface area contributed by atoms with Gasteiger partial charge in [0.15, 0.2) is 0 Å². The van der Waals surface area contributed by atoms with Gasteiger partial charge in [-0.3, -0.25) is 5.43 Å². The van der Waals surface area contributed by atoms with Crippen LogP contribution in [0.2, 0.25) is 0 Å². The number of hydrogen-bond donors (Lipinski definition) is 2. The second-order valence-electron chi connectivity index (χ2n) is 4.25. The van der Waals surface area contributed by atoms with Gasteiger partial charge in [0.05, 0.1) is 6.10 Å². The fraction of sp³-hybridized carbons (Fsp3) is 0.700. The van der Waals surface area contributed by atoms with Gasteiger partial charge in [-0.2, -0.15) is 15.0 Å². The molecule has 7 nitrogen and oxygen atoms in total. The molecule has 0 unspecified atom stereocenters. The van der Waals surface area contributed by atoms with Crippen molar-refractivity contribution in [3.05, 3.63) is 0 Å². The van der Waals surface area contributed by atoms with Gasteiger partial charge < -0.3 is 9.64 Å². The van der Waals surface area contributed by atoms with E-state index in [0.717, 1.165) is 25.9 Å². The molecule has 2 heterocycles. The molecule has 17 heavy (non-hydrogen) atoms. The first kappa shape index (κ1) is 11.8. The minimum absolute atomic E-state index is 0.0226. The summed E-state index contributed by atoms with van der Waals surface area (Å²) in [5.41, 5.74) is 2.44. The summed E-state index contributed by atoms with van der Waals surface area (Å²) in [7, 11) is 0. The van der Waals surface area contributed by atoms with Crippen LogP contribution in [-0.2, 0) is 0 Å². The second kappa shape index (κ2) is 5.13. The summed E-state index contributed by atoms with van der Waals surface area (Å²) >= 11 is 0. The Hall–Kier alpha value is -1.63. The van der Waals surface area contributed by atoms with E-state index < -0.39 is 0 Å². The number of aromatic nitrogens is 3. The zero-order valence-electron chi connectivity index (χ0n) is 10.2. The third kappa shape index (κ3) is 2.94. The van der Waals surface area contributed by atoms with E-state index in [1.807, 2.05) is 13.8 Å². The molecule has 3 N–H and O–H groups in total. The molecule has 0 amide bonds. The molecule has 0 spiro atoms. The maximum Gasteiger partial charge on any atom is 0.323 e. The minimum Gasteiger partial charge on any atom is -0.461 e. The highest BCUT2D eigenvalue weighted by Crippen LogP contribution is 2.19. The van der Waals surface area contributed by atoms with Gasteiger partial charge in [0, 0.05) is 13.1 Å². The molecule has 1 aliphatic rings. The SMILES string of the molecule is CC(C)Oc1nc(NN)nc(N2CCCC2)n1. The molecule has 2 rings (SSSR count). The van der Waals surface area contributed by atoms with Crippen molar-refractivity contribution in [1.82, 2.24) is 15.0 Å². The largest absolute Gasteiger partial charge is 0.461 e. The zero-order valence-corrected chi connectivity index (χ0v) is 10.2. The Morgan fingerprint density at radius 2 is 1.94 bits per heavy atom. The standard InChI is InChI=1S/C10H18N6O/c1-7(2)17-10-13-8(15-11)12-9(14-10)16-5-3-4-6-16/h7H,3-6,11H2,1-2H3,(H,12,13,14,15). The van der Waals surface area contributed by atoms with Crippen LogP contribution >= 0.6 is 0 Å². The smallest absolute Gasteiger partial charge is 0.323 e. The quantitative estimate of drug-likeness (QED) is 0.584. The molecule has 0 radical (unpaired) electrons. The van der Waals surface area contributed by atoms with E-state index in [1.165, 1.54) is 0 Å². The Labute approximate surface area is 100 Å². The second-order valence-corrected chi connectivity index (χ2v) is 4.25. The molecular weight excluding hydrogens is 220 g/mol. The maximum atomic E-state index is 5.47. The molecule has 7 heteroatoms. The number of nitrogen functional groups attached to an aromatic ring is 1. The van der Waals surface area contributed by atoms with Crippen molar-refractivity contribution in [2.45, 2.75) is 32.8 Å². The lowest BCUT2D eigenvalue weighted by molar-refractivity contribution is 0.222. The summed E-state index contributed by atoms with van der Waals surface area (Å²) in [5, 5.41) is 0. The monoisotopic (exact) mass is 238 g/mol. The highest BCUT2D eigenvalue weighted by Gasteiger charge is 2.17. The Morgan fingerprint density at radius 3 is 2.53 bits per heavy atom. The van der Waals surface area contributed by atoms with Crippen LogP contribution in [0.15, 0.2) is 0 Å². The van der Waals surface area contributed by atoms with Crippen LogP contribution in [0, 0.1) is 0 Å². The van der Waals surface area contributed by atoms with Crippen molar-refractivity contribution in [3.8, 4) is 6.01 Å². The fourth-order valence-corrected chi connectivity index (χ4v) is 1.73. The lowest BCUT2D eigenvalue weighted by Gasteiger charge is -2.16. The molecule has 1 aliphatic heterocycles. The molecule has 1 saturated heterocycles. The van der Waals surface area contributed by atoms with Crippen molar-refractivity contribution < 1.29 is 4.74 Å². The van der Waals surface area contributed by atoms with Crippen molar-refractivity contribution >= 4 is 11.9 Å². The van der Waals surface area contributed by atoms with Gasteiger partial charge in [0.1, 0.15) is 0 Å². The van der Waals surface area contributed by atoms with Crippen LogP contribution in [0.25, 0.3) is 0 Å². The van der Waals surface area contributed by atoms with E-state index in [1.54, 1.807) is 0 Å². The average molecular weight is 238 g/mol. The number of anilines is 2. The van der Waals surface area contributed by atoms with E-state index in [4.69, 9.17) is 10.6 Å². The maximum absolute atomic E-state index is 5.47. The first-order valence-electron chi connectivity index (χ1n) is 5.83. The van der Waals surface area contributed by atoms with Gasteiger partial charge in [-0.15, -0.1) is 0 Å². The predicted octanol–water partition coefficient (Wildman–Crippen LogP) is 0.545. The van der Waals surface area contributed by atoms with Crippen LogP contribution < -0.4 is 20.9 Å². The number of hydrazine groups is 1. The summed E-state index contributed by atoms with van der Waals surface area (Å²) < 4.78 is 5.47. The van der Waals surface area contributed by atoms with Crippen LogP contribution in [0.3, 0.4) is 0 Å². The first-order chi connectivity index (χ1) is 8.19. The number of hydrogen-bond acceptors (Lipinski definition) is 7. The van der Waals surface area contributed by atoms with E-state index in [-0.39, 0.29) is 6.10 Å². The van der Waals surface area contributed by atoms with Crippen molar-refractivity contribution in [2.24, 2.45) is 5.84 Å². The molecule has 94 valence electrons. The van der Waals surface area contributed by atoms with E-state index >= 15 is 0 Å². The molecule has 0 aromatic carbocycles. The Bertz CT molecular complexity index is 377. The lowest BCUT2D eigenvalue weighted by atomic mass is 10.4. The normalized spacial score (nSPS) is 15.4. The highest BCUT2D eigenvalue weighted by atomic mass is 16.5. The molecule has 0 saturated carbocycles. The highest BCUT2D eigenvalue weighted by molar-refractivity contribution is 5.38. The van der Waals surface area contributed by atoms with Gasteiger partial charge >= 0.3 is 6.01 Å². The molecule has 0 bridgehead atoms. The zero-order chi connectivity index (χ0) is 12.3. The predicted molar refractivity (Wildman–Crippen MR) is 64.8 cm³/mol.